The molecule has 0 saturated carbocycles. The van der Waals surface area contributed by atoms with E-state index in [1.807, 2.05) is 16.9 Å². The molecule has 2 N–H and O–H groups in total. The lowest BCUT2D eigenvalue weighted by atomic mass is 10.1. The first-order valence-corrected chi connectivity index (χ1v) is 8.93. The van der Waals surface area contributed by atoms with Crippen molar-refractivity contribution in [3.8, 4) is 11.3 Å². The molecule has 0 amide bonds. The molecule has 4 aromatic rings. The molecule has 5 heterocycles. The fraction of sp³-hybridized carbons (Fsp3) is 0.294. The van der Waals surface area contributed by atoms with Gasteiger partial charge < -0.3 is 9.88 Å². The maximum absolute atomic E-state index is 12.2. The molecule has 5 rings (SSSR count). The van der Waals surface area contributed by atoms with Crippen LogP contribution >= 0.6 is 0 Å². The summed E-state index contributed by atoms with van der Waals surface area (Å²) < 4.78 is 3.50. The highest BCUT2D eigenvalue weighted by molar-refractivity contribution is 5.74. The molecular weight excluding hydrogens is 362 g/mol. The van der Waals surface area contributed by atoms with E-state index in [-0.39, 0.29) is 0 Å². The van der Waals surface area contributed by atoms with Crippen LogP contribution in [0, 0.1) is 5.92 Å². The summed E-state index contributed by atoms with van der Waals surface area (Å²) in [5, 5.41) is 12.4. The molecule has 1 saturated heterocycles. The standard InChI is InChI=1S/C17H17N9O2/c27-16-12(8-19-17(28)21-16)13-7-14(15-18-2-6-26(15)22-13)24-4-1-11(9-24)10-25-5-3-20-23-25/h2-3,5-8,11H,1,4,9-10H2,(H2,19,21,27,28). The Balaban J connectivity index is 1.51. The minimum absolute atomic E-state index is 0.301. The van der Waals surface area contributed by atoms with Crippen LogP contribution in [0.25, 0.3) is 16.9 Å². The minimum atomic E-state index is -0.548. The Morgan fingerprint density at radius 1 is 1.21 bits per heavy atom. The predicted octanol–water partition coefficient (Wildman–Crippen LogP) is -0.109. The highest BCUT2D eigenvalue weighted by atomic mass is 16.2. The summed E-state index contributed by atoms with van der Waals surface area (Å²) in [7, 11) is 0. The molecule has 11 heteroatoms. The number of aromatic amines is 2. The molecule has 0 aliphatic carbocycles. The van der Waals surface area contributed by atoms with Gasteiger partial charge in [0.25, 0.3) is 5.56 Å². The molecule has 142 valence electrons. The van der Waals surface area contributed by atoms with Crippen LogP contribution < -0.4 is 16.1 Å². The summed E-state index contributed by atoms with van der Waals surface area (Å²) in [5.74, 6) is 0.435. The number of imidazole rings is 1. The van der Waals surface area contributed by atoms with Gasteiger partial charge in [0.1, 0.15) is 5.69 Å². The minimum Gasteiger partial charge on any atom is -0.368 e. The van der Waals surface area contributed by atoms with Gasteiger partial charge in [-0.2, -0.15) is 5.10 Å². The SMILES string of the molecule is O=c1[nH]cc(-c2cc(N3CCC(Cn4ccnn4)C3)c3nccn3n2)c(=O)[nH]1. The Labute approximate surface area is 157 Å². The lowest BCUT2D eigenvalue weighted by Crippen LogP contribution is -2.24. The van der Waals surface area contributed by atoms with Crippen molar-refractivity contribution >= 4 is 11.3 Å². The largest absolute Gasteiger partial charge is 0.368 e. The normalized spacial score (nSPS) is 16.9. The Hall–Kier alpha value is -3.76. The zero-order valence-electron chi connectivity index (χ0n) is 14.8. The first kappa shape index (κ1) is 16.4. The summed E-state index contributed by atoms with van der Waals surface area (Å²) in [4.78, 5) is 34.9. The molecule has 11 nitrogen and oxygen atoms in total. The van der Waals surface area contributed by atoms with E-state index in [1.165, 1.54) is 6.20 Å². The van der Waals surface area contributed by atoms with Gasteiger partial charge in [0.05, 0.1) is 17.4 Å². The third kappa shape index (κ3) is 2.86. The van der Waals surface area contributed by atoms with Crippen molar-refractivity contribution in [3.05, 3.63) is 57.9 Å². The van der Waals surface area contributed by atoms with Crippen molar-refractivity contribution in [2.45, 2.75) is 13.0 Å². The highest BCUT2D eigenvalue weighted by Crippen LogP contribution is 2.29. The number of rotatable bonds is 4. The second-order valence-electron chi connectivity index (χ2n) is 6.82. The van der Waals surface area contributed by atoms with Crippen LogP contribution in [0.3, 0.4) is 0 Å². The monoisotopic (exact) mass is 379 g/mol. The van der Waals surface area contributed by atoms with E-state index < -0.39 is 11.2 Å². The van der Waals surface area contributed by atoms with E-state index in [1.54, 1.807) is 23.1 Å². The molecule has 4 aromatic heterocycles. The van der Waals surface area contributed by atoms with Gasteiger partial charge in [-0.1, -0.05) is 5.21 Å². The summed E-state index contributed by atoms with van der Waals surface area (Å²) in [6.07, 6.45) is 9.36. The van der Waals surface area contributed by atoms with Gasteiger partial charge in [-0.15, -0.1) is 5.10 Å². The van der Waals surface area contributed by atoms with Crippen molar-refractivity contribution in [3.63, 3.8) is 0 Å². The average molecular weight is 379 g/mol. The van der Waals surface area contributed by atoms with E-state index >= 15 is 0 Å². The van der Waals surface area contributed by atoms with Crippen molar-refractivity contribution in [1.82, 2.24) is 39.6 Å². The van der Waals surface area contributed by atoms with Gasteiger partial charge in [0.15, 0.2) is 5.65 Å². The summed E-state index contributed by atoms with van der Waals surface area (Å²) >= 11 is 0. The van der Waals surface area contributed by atoms with Crippen LogP contribution in [-0.2, 0) is 6.54 Å². The van der Waals surface area contributed by atoms with Gasteiger partial charge in [-0.3, -0.25) is 14.5 Å². The Morgan fingerprint density at radius 2 is 2.14 bits per heavy atom. The summed E-state index contributed by atoms with van der Waals surface area (Å²) in [6.45, 7) is 2.51. The van der Waals surface area contributed by atoms with Crippen LogP contribution in [0.15, 0.2) is 46.6 Å². The number of fused-ring (bicyclic) bond motifs is 1. The molecule has 0 radical (unpaired) electrons. The molecule has 1 unspecified atom stereocenters. The Kier molecular flexibility index (Phi) is 3.78. The number of aromatic nitrogens is 8. The van der Waals surface area contributed by atoms with Crippen LogP contribution in [0.2, 0.25) is 0 Å². The second-order valence-corrected chi connectivity index (χ2v) is 6.82. The number of hydrogen-bond acceptors (Lipinski definition) is 7. The van der Waals surface area contributed by atoms with E-state index in [0.29, 0.717) is 17.2 Å². The molecule has 1 aliphatic rings. The molecule has 0 spiro atoms. The fourth-order valence-corrected chi connectivity index (χ4v) is 3.66. The van der Waals surface area contributed by atoms with Crippen LogP contribution in [-0.4, -0.2) is 52.6 Å². The number of anilines is 1. The number of nitrogens with one attached hydrogen (secondary N) is 2. The predicted molar refractivity (Wildman–Crippen MR) is 100 cm³/mol. The van der Waals surface area contributed by atoms with Crippen molar-refractivity contribution in [2.75, 3.05) is 18.0 Å². The molecule has 28 heavy (non-hydrogen) atoms. The number of nitrogens with zero attached hydrogens (tertiary/aromatic N) is 7. The van der Waals surface area contributed by atoms with Gasteiger partial charge in [-0.25, -0.2) is 14.3 Å². The van der Waals surface area contributed by atoms with Crippen molar-refractivity contribution < 1.29 is 0 Å². The number of hydrogen-bond donors (Lipinski definition) is 2. The molecule has 0 bridgehead atoms. The maximum atomic E-state index is 12.2. The lowest BCUT2D eigenvalue weighted by Gasteiger charge is -2.20. The van der Waals surface area contributed by atoms with E-state index in [9.17, 15) is 9.59 Å². The first-order valence-electron chi connectivity index (χ1n) is 8.93. The molecule has 1 fully saturated rings. The smallest absolute Gasteiger partial charge is 0.325 e. The van der Waals surface area contributed by atoms with Crippen LogP contribution in [0.4, 0.5) is 5.69 Å². The van der Waals surface area contributed by atoms with Crippen molar-refractivity contribution in [1.29, 1.82) is 0 Å². The van der Waals surface area contributed by atoms with Crippen LogP contribution in [0.1, 0.15) is 6.42 Å². The first-order chi connectivity index (χ1) is 13.7. The lowest BCUT2D eigenvalue weighted by molar-refractivity contribution is 0.444. The number of H-pyrrole nitrogens is 2. The molecule has 1 atom stereocenters. The molecule has 0 aromatic carbocycles. The summed E-state index contributed by atoms with van der Waals surface area (Å²) in [5.41, 5.74) is 1.38. The van der Waals surface area contributed by atoms with Gasteiger partial charge in [-0.05, 0) is 18.4 Å². The van der Waals surface area contributed by atoms with Crippen LogP contribution in [0.5, 0.6) is 0 Å². The Bertz CT molecular complexity index is 1240. The average Bonchev–Trinajstić information content (AvgIpc) is 3.43. The molecular formula is C17H17N9O2. The second kappa shape index (κ2) is 6.44. The Morgan fingerprint density at radius 3 is 2.96 bits per heavy atom. The third-order valence-corrected chi connectivity index (χ3v) is 4.98. The maximum Gasteiger partial charge on any atom is 0.325 e. The van der Waals surface area contributed by atoms with E-state index in [2.05, 4.69) is 35.3 Å². The summed E-state index contributed by atoms with van der Waals surface area (Å²) in [6, 6.07) is 1.85. The zero-order valence-corrected chi connectivity index (χ0v) is 14.8. The fourth-order valence-electron chi connectivity index (χ4n) is 3.66. The van der Waals surface area contributed by atoms with Gasteiger partial charge in [0, 0.05) is 44.4 Å². The van der Waals surface area contributed by atoms with E-state index in [0.717, 1.165) is 37.4 Å². The van der Waals surface area contributed by atoms with Gasteiger partial charge >= 0.3 is 5.69 Å². The molecule has 1 aliphatic heterocycles. The van der Waals surface area contributed by atoms with Crippen molar-refractivity contribution in [2.24, 2.45) is 5.92 Å². The zero-order chi connectivity index (χ0) is 19.1. The van der Waals surface area contributed by atoms with E-state index in [4.69, 9.17) is 0 Å². The topological polar surface area (TPSA) is 130 Å². The third-order valence-electron chi connectivity index (χ3n) is 4.98. The highest BCUT2D eigenvalue weighted by Gasteiger charge is 2.26. The quantitative estimate of drug-likeness (QED) is 0.506. The van der Waals surface area contributed by atoms with Gasteiger partial charge in [0.2, 0.25) is 0 Å².